The Bertz CT molecular complexity index is 1360. The third kappa shape index (κ3) is 6.01. The summed E-state index contributed by atoms with van der Waals surface area (Å²) in [6.45, 7) is 7.61. The van der Waals surface area contributed by atoms with Gasteiger partial charge in [-0.3, -0.25) is 14.6 Å². The van der Waals surface area contributed by atoms with Gasteiger partial charge in [-0.1, -0.05) is 12.1 Å². The highest BCUT2D eigenvalue weighted by molar-refractivity contribution is 7.93. The summed E-state index contributed by atoms with van der Waals surface area (Å²) in [6, 6.07) is 15.6. The number of hydrogen-bond acceptors (Lipinski definition) is 9. The number of aliphatic hydroxyl groups excluding tert-OH is 1. The van der Waals surface area contributed by atoms with E-state index < -0.39 is 20.7 Å². The van der Waals surface area contributed by atoms with Crippen LogP contribution >= 0.6 is 0 Å². The van der Waals surface area contributed by atoms with Crippen molar-refractivity contribution in [2.75, 3.05) is 57.3 Å². The molecule has 0 radical (unpaired) electrons. The van der Waals surface area contributed by atoms with Crippen molar-refractivity contribution < 1.29 is 27.8 Å². The highest BCUT2D eigenvalue weighted by atomic mass is 32.2. The van der Waals surface area contributed by atoms with Crippen molar-refractivity contribution in [2.24, 2.45) is 0 Å². The maximum absolute atomic E-state index is 13.3. The summed E-state index contributed by atoms with van der Waals surface area (Å²) < 4.78 is 37.2. The molecule has 0 spiro atoms. The van der Waals surface area contributed by atoms with Crippen molar-refractivity contribution in [3.63, 3.8) is 0 Å². The first-order valence-corrected chi connectivity index (χ1v) is 15.1. The number of hydrogen-bond donors (Lipinski definition) is 1. The molecule has 3 atom stereocenters. The Hall–Kier alpha value is -3.01. The summed E-state index contributed by atoms with van der Waals surface area (Å²) in [6.07, 6.45) is -0.777. The molecule has 40 heavy (non-hydrogen) atoms. The zero-order chi connectivity index (χ0) is 28.5. The Morgan fingerprint density at radius 2 is 1.70 bits per heavy atom. The van der Waals surface area contributed by atoms with E-state index in [1.807, 2.05) is 0 Å². The van der Waals surface area contributed by atoms with Gasteiger partial charge in [0.15, 0.2) is 9.84 Å². The van der Waals surface area contributed by atoms with Crippen molar-refractivity contribution in [1.29, 1.82) is 5.26 Å². The lowest BCUT2D eigenvalue weighted by Gasteiger charge is -2.46. The third-order valence-corrected chi connectivity index (χ3v) is 10.3. The van der Waals surface area contributed by atoms with Gasteiger partial charge in [0, 0.05) is 52.2 Å². The number of β-amino-alcohol motifs (C(OH)–C–C–N with tert-alkyl or cyclic N) is 1. The SMILES string of the molecule is CC1(C)CC(=O)N(CCN2CC3CN(C[C@H](O)COc4ccc(C#N)cc4)CC(C2)O3)c2ccccc2S1(=O)=O. The molecule has 2 fully saturated rings. The summed E-state index contributed by atoms with van der Waals surface area (Å²) >= 11 is 0. The number of carbonyl (C=O) groups is 1. The van der Waals surface area contributed by atoms with Gasteiger partial charge in [0.2, 0.25) is 5.91 Å². The molecule has 0 aliphatic carbocycles. The minimum atomic E-state index is -3.66. The number of carbonyl (C=O) groups excluding carboxylic acids is 1. The molecule has 2 aromatic carbocycles. The first-order chi connectivity index (χ1) is 19.1. The Morgan fingerprint density at radius 1 is 1.05 bits per heavy atom. The molecule has 2 saturated heterocycles. The van der Waals surface area contributed by atoms with Gasteiger partial charge in [0.1, 0.15) is 18.5 Å². The zero-order valence-corrected chi connectivity index (χ0v) is 23.7. The summed E-state index contributed by atoms with van der Waals surface area (Å²) in [4.78, 5) is 19.5. The zero-order valence-electron chi connectivity index (χ0n) is 22.9. The molecule has 1 amide bonds. The molecule has 5 rings (SSSR count). The minimum absolute atomic E-state index is 0.0226. The van der Waals surface area contributed by atoms with Crippen molar-refractivity contribution in [3.05, 3.63) is 54.1 Å². The molecule has 3 aliphatic heterocycles. The molecule has 10 nitrogen and oxygen atoms in total. The highest BCUT2D eigenvalue weighted by Crippen LogP contribution is 2.38. The van der Waals surface area contributed by atoms with Crippen LogP contribution in [0.4, 0.5) is 5.69 Å². The maximum atomic E-state index is 13.3. The van der Waals surface area contributed by atoms with Crippen LogP contribution in [0.3, 0.4) is 0 Å². The fourth-order valence-electron chi connectivity index (χ4n) is 5.74. The largest absolute Gasteiger partial charge is 0.491 e. The Balaban J connectivity index is 1.15. The van der Waals surface area contributed by atoms with Crippen LogP contribution in [0, 0.1) is 11.3 Å². The number of nitriles is 1. The van der Waals surface area contributed by atoms with Crippen molar-refractivity contribution in [1.82, 2.24) is 9.80 Å². The molecule has 214 valence electrons. The summed E-state index contributed by atoms with van der Waals surface area (Å²) in [5.74, 6) is 0.426. The molecule has 0 saturated carbocycles. The third-order valence-electron chi connectivity index (χ3n) is 7.82. The molecular formula is C29H36N4O6S. The van der Waals surface area contributed by atoms with E-state index in [4.69, 9.17) is 14.7 Å². The van der Waals surface area contributed by atoms with E-state index >= 15 is 0 Å². The standard InChI is InChI=1S/C29H36N4O6S/c1-29(2)13-28(35)33(26-5-3-4-6-27(26)40(29,36)37)12-11-31-16-24-18-32(19-25(17-31)39-24)15-22(34)20-38-23-9-7-21(14-30)8-10-23/h3-10,22,24-25,34H,11-13,15-20H2,1-2H3/t22-,24?,25?/m0/s1. The second kappa shape index (κ2) is 11.5. The van der Waals surface area contributed by atoms with Gasteiger partial charge in [0.25, 0.3) is 0 Å². The van der Waals surface area contributed by atoms with E-state index in [9.17, 15) is 18.3 Å². The Kier molecular flexibility index (Phi) is 8.17. The number of aliphatic hydroxyl groups is 1. The van der Waals surface area contributed by atoms with Crippen molar-refractivity contribution >= 4 is 21.4 Å². The number of amides is 1. The predicted molar refractivity (Wildman–Crippen MR) is 149 cm³/mol. The van der Waals surface area contributed by atoms with Crippen LogP contribution in [0.15, 0.2) is 53.4 Å². The average molecular weight is 569 g/mol. The Morgan fingerprint density at radius 3 is 2.38 bits per heavy atom. The summed E-state index contributed by atoms with van der Waals surface area (Å²) in [5, 5.41) is 19.5. The fraction of sp³-hybridized carbons (Fsp3) is 0.517. The van der Waals surface area contributed by atoms with E-state index in [0.717, 1.165) is 0 Å². The number of nitrogens with zero attached hydrogens (tertiary/aromatic N) is 4. The minimum Gasteiger partial charge on any atom is -0.491 e. The molecule has 2 bridgehead atoms. The van der Waals surface area contributed by atoms with Crippen LogP contribution in [-0.4, -0.2) is 105 Å². The van der Waals surface area contributed by atoms with Crippen molar-refractivity contribution in [3.8, 4) is 11.8 Å². The molecule has 3 aliphatic rings. The van der Waals surface area contributed by atoms with E-state index in [0.29, 0.717) is 62.8 Å². The van der Waals surface area contributed by atoms with Crippen LogP contribution < -0.4 is 9.64 Å². The van der Waals surface area contributed by atoms with Crippen LogP contribution in [-0.2, 0) is 19.4 Å². The number of ether oxygens (including phenoxy) is 2. The van der Waals surface area contributed by atoms with Gasteiger partial charge in [-0.25, -0.2) is 8.42 Å². The number of benzene rings is 2. The quantitative estimate of drug-likeness (QED) is 0.507. The smallest absolute Gasteiger partial charge is 0.228 e. The molecular weight excluding hydrogens is 532 g/mol. The molecule has 1 N–H and O–H groups in total. The first-order valence-electron chi connectivity index (χ1n) is 13.6. The number of anilines is 1. The lowest BCUT2D eigenvalue weighted by atomic mass is 10.1. The second-order valence-electron chi connectivity index (χ2n) is 11.4. The number of sulfone groups is 1. The van der Waals surface area contributed by atoms with Crippen LogP contribution in [0.2, 0.25) is 0 Å². The predicted octanol–water partition coefficient (Wildman–Crippen LogP) is 1.67. The van der Waals surface area contributed by atoms with Gasteiger partial charge in [-0.15, -0.1) is 0 Å². The van der Waals surface area contributed by atoms with Gasteiger partial charge < -0.3 is 19.5 Å². The molecule has 3 heterocycles. The summed E-state index contributed by atoms with van der Waals surface area (Å²) in [7, 11) is -3.66. The molecule has 0 aromatic heterocycles. The number of fused-ring (bicyclic) bond motifs is 3. The lowest BCUT2D eigenvalue weighted by molar-refractivity contribution is -0.142. The highest BCUT2D eigenvalue weighted by Gasteiger charge is 2.44. The van der Waals surface area contributed by atoms with Crippen molar-refractivity contribution in [2.45, 2.75) is 48.2 Å². The van der Waals surface area contributed by atoms with Crippen LogP contribution in [0.25, 0.3) is 0 Å². The topological polar surface area (TPSA) is 123 Å². The van der Waals surface area contributed by atoms with Crippen LogP contribution in [0.1, 0.15) is 25.8 Å². The van der Waals surface area contributed by atoms with Gasteiger partial charge in [-0.2, -0.15) is 5.26 Å². The van der Waals surface area contributed by atoms with E-state index in [1.54, 1.807) is 67.3 Å². The maximum Gasteiger partial charge on any atom is 0.228 e. The molecule has 2 unspecified atom stereocenters. The first kappa shape index (κ1) is 28.5. The average Bonchev–Trinajstić information content (AvgIpc) is 2.96. The second-order valence-corrected chi connectivity index (χ2v) is 14.0. The number of para-hydroxylation sites is 1. The normalized spacial score (nSPS) is 24.9. The number of rotatable bonds is 8. The van der Waals surface area contributed by atoms with E-state index in [-0.39, 0.29) is 36.0 Å². The van der Waals surface area contributed by atoms with E-state index in [2.05, 4.69) is 15.9 Å². The van der Waals surface area contributed by atoms with Crippen LogP contribution in [0.5, 0.6) is 5.75 Å². The number of morpholine rings is 2. The lowest BCUT2D eigenvalue weighted by Crippen LogP contribution is -2.61. The fourth-order valence-corrected chi connectivity index (χ4v) is 7.36. The van der Waals surface area contributed by atoms with E-state index in [1.165, 1.54) is 0 Å². The van der Waals surface area contributed by atoms with Gasteiger partial charge in [-0.05, 0) is 50.2 Å². The van der Waals surface area contributed by atoms with Gasteiger partial charge in [0.05, 0.1) is 39.2 Å². The Labute approximate surface area is 235 Å². The summed E-state index contributed by atoms with van der Waals surface area (Å²) in [5.41, 5.74) is 1.01. The van der Waals surface area contributed by atoms with Gasteiger partial charge >= 0.3 is 0 Å². The molecule has 11 heteroatoms. The monoisotopic (exact) mass is 568 g/mol. The molecule has 2 aromatic rings.